The van der Waals surface area contributed by atoms with Crippen LogP contribution in [0.1, 0.15) is 30.9 Å². The number of imide groups is 1. The number of carbonyl (C=O) groups excluding carboxylic acids is 2. The molecule has 0 saturated carbocycles. The molecule has 1 rings (SSSR count). The number of likely N-dealkylation sites (N-methyl/N-ethyl adjacent to an activating group) is 1. The van der Waals surface area contributed by atoms with Crippen LogP contribution in [-0.2, 0) is 11.3 Å². The standard InChI is InChI=1S/C19H28N4O3/c1-4-5-6-7-10-21-19(25)22-18(24)14-23(2)13-16-11-17(26-3)9-8-15(16)12-20/h5-6,8-9,11-12,20H,4,7,10,13-14H2,1-3H3,(H2,21,22,24,25)/b6-5-,20-12?. The summed E-state index contributed by atoms with van der Waals surface area (Å²) in [5.41, 5.74) is 1.64. The Kier molecular flexibility index (Phi) is 9.71. The monoisotopic (exact) mass is 360 g/mol. The number of carbonyl (C=O) groups is 2. The van der Waals surface area contributed by atoms with Gasteiger partial charge in [-0.1, -0.05) is 19.1 Å². The van der Waals surface area contributed by atoms with Gasteiger partial charge in [-0.15, -0.1) is 0 Å². The zero-order chi connectivity index (χ0) is 19.4. The average Bonchev–Trinajstić information content (AvgIpc) is 2.61. The third-order valence-electron chi connectivity index (χ3n) is 3.61. The molecule has 0 aliphatic heterocycles. The number of hydrogen-bond donors (Lipinski definition) is 3. The molecule has 0 aliphatic carbocycles. The van der Waals surface area contributed by atoms with E-state index in [1.165, 1.54) is 6.21 Å². The highest BCUT2D eigenvalue weighted by Gasteiger charge is 2.12. The maximum atomic E-state index is 12.0. The Labute approximate surface area is 154 Å². The van der Waals surface area contributed by atoms with E-state index in [1.54, 1.807) is 31.2 Å². The highest BCUT2D eigenvalue weighted by Crippen LogP contribution is 2.17. The van der Waals surface area contributed by atoms with Crippen LogP contribution in [-0.4, -0.2) is 50.3 Å². The Balaban J connectivity index is 2.46. The van der Waals surface area contributed by atoms with Crippen molar-refractivity contribution in [3.63, 3.8) is 0 Å². The summed E-state index contributed by atoms with van der Waals surface area (Å²) >= 11 is 0. The van der Waals surface area contributed by atoms with Crippen molar-refractivity contribution in [3.8, 4) is 5.75 Å². The van der Waals surface area contributed by atoms with Crippen LogP contribution in [0.4, 0.5) is 4.79 Å². The van der Waals surface area contributed by atoms with Crippen LogP contribution in [0.2, 0.25) is 0 Å². The van der Waals surface area contributed by atoms with Gasteiger partial charge in [0.05, 0.1) is 13.7 Å². The fraction of sp³-hybridized carbons (Fsp3) is 0.421. The van der Waals surface area contributed by atoms with E-state index >= 15 is 0 Å². The molecule has 7 nitrogen and oxygen atoms in total. The van der Waals surface area contributed by atoms with E-state index in [0.717, 1.165) is 24.0 Å². The number of nitrogens with zero attached hydrogens (tertiary/aromatic N) is 1. The summed E-state index contributed by atoms with van der Waals surface area (Å²) in [5, 5.41) is 12.4. The molecule has 3 N–H and O–H groups in total. The molecular formula is C19H28N4O3. The van der Waals surface area contributed by atoms with Crippen molar-refractivity contribution < 1.29 is 14.3 Å². The van der Waals surface area contributed by atoms with Gasteiger partial charge in [0.25, 0.3) is 0 Å². The van der Waals surface area contributed by atoms with Gasteiger partial charge in [0.2, 0.25) is 5.91 Å². The fourth-order valence-corrected chi connectivity index (χ4v) is 2.34. The van der Waals surface area contributed by atoms with Gasteiger partial charge in [-0.25, -0.2) is 4.79 Å². The maximum Gasteiger partial charge on any atom is 0.321 e. The number of allylic oxidation sites excluding steroid dienone is 1. The van der Waals surface area contributed by atoms with Crippen molar-refractivity contribution in [2.45, 2.75) is 26.3 Å². The summed E-state index contributed by atoms with van der Waals surface area (Å²) < 4.78 is 5.20. The SMILES string of the molecule is CC/C=C\CCNC(=O)NC(=O)CN(C)Cc1cc(OC)ccc1C=N. The van der Waals surface area contributed by atoms with E-state index < -0.39 is 6.03 Å². The zero-order valence-corrected chi connectivity index (χ0v) is 15.7. The first kappa shape index (κ1) is 21.4. The van der Waals surface area contributed by atoms with E-state index in [-0.39, 0.29) is 12.5 Å². The second-order valence-electron chi connectivity index (χ2n) is 5.85. The quantitative estimate of drug-likeness (QED) is 0.339. The molecule has 0 saturated heterocycles. The zero-order valence-electron chi connectivity index (χ0n) is 15.7. The van der Waals surface area contributed by atoms with Crippen molar-refractivity contribution in [1.82, 2.24) is 15.5 Å². The molecule has 0 aliphatic rings. The fourth-order valence-electron chi connectivity index (χ4n) is 2.34. The molecule has 3 amide bonds. The second-order valence-corrected chi connectivity index (χ2v) is 5.85. The summed E-state index contributed by atoms with van der Waals surface area (Å²) in [7, 11) is 3.36. The Hall–Kier alpha value is -2.67. The van der Waals surface area contributed by atoms with Crippen molar-refractivity contribution in [2.24, 2.45) is 0 Å². The van der Waals surface area contributed by atoms with E-state index in [4.69, 9.17) is 10.1 Å². The topological polar surface area (TPSA) is 94.5 Å². The maximum absolute atomic E-state index is 12.0. The molecule has 1 aromatic carbocycles. The van der Waals surface area contributed by atoms with Gasteiger partial charge in [-0.3, -0.25) is 15.0 Å². The number of hydrogen-bond acceptors (Lipinski definition) is 5. The molecule has 0 fully saturated rings. The summed E-state index contributed by atoms with van der Waals surface area (Å²) in [6, 6.07) is 4.94. The summed E-state index contributed by atoms with van der Waals surface area (Å²) in [4.78, 5) is 25.4. The lowest BCUT2D eigenvalue weighted by atomic mass is 10.1. The third kappa shape index (κ3) is 7.94. The molecule has 1 aromatic rings. The van der Waals surface area contributed by atoms with Crippen LogP contribution in [0, 0.1) is 5.41 Å². The van der Waals surface area contributed by atoms with Crippen molar-refractivity contribution >= 4 is 18.2 Å². The van der Waals surface area contributed by atoms with Crippen molar-refractivity contribution in [1.29, 1.82) is 5.41 Å². The van der Waals surface area contributed by atoms with Crippen molar-refractivity contribution in [3.05, 3.63) is 41.5 Å². The van der Waals surface area contributed by atoms with Crippen molar-refractivity contribution in [2.75, 3.05) is 27.2 Å². The minimum absolute atomic E-state index is 0.0673. The molecule has 0 radical (unpaired) electrons. The Morgan fingerprint density at radius 2 is 2.08 bits per heavy atom. The predicted octanol–water partition coefficient (Wildman–Crippen LogP) is 2.31. The average molecular weight is 360 g/mol. The molecule has 0 aromatic heterocycles. The van der Waals surface area contributed by atoms with Crippen LogP contribution < -0.4 is 15.4 Å². The number of benzene rings is 1. The van der Waals surface area contributed by atoms with E-state index in [1.807, 2.05) is 25.1 Å². The molecule has 142 valence electrons. The van der Waals surface area contributed by atoms with Gasteiger partial charge in [-0.2, -0.15) is 0 Å². The highest BCUT2D eigenvalue weighted by molar-refractivity contribution is 5.95. The molecule has 26 heavy (non-hydrogen) atoms. The summed E-state index contributed by atoms with van der Waals surface area (Å²) in [5.74, 6) is 0.313. The van der Waals surface area contributed by atoms with Crippen LogP contribution in [0.25, 0.3) is 0 Å². The van der Waals surface area contributed by atoms with Crippen LogP contribution in [0.3, 0.4) is 0 Å². The largest absolute Gasteiger partial charge is 0.497 e. The number of rotatable bonds is 10. The van der Waals surface area contributed by atoms with Gasteiger partial charge in [0, 0.05) is 19.3 Å². The summed E-state index contributed by atoms with van der Waals surface area (Å²) in [6.45, 7) is 3.05. The highest BCUT2D eigenvalue weighted by atomic mass is 16.5. The number of urea groups is 1. The molecule has 0 spiro atoms. The van der Waals surface area contributed by atoms with E-state index in [2.05, 4.69) is 10.6 Å². The normalized spacial score (nSPS) is 10.8. The number of amides is 3. The van der Waals surface area contributed by atoms with E-state index in [0.29, 0.717) is 18.8 Å². The molecule has 0 bridgehead atoms. The first-order chi connectivity index (χ1) is 12.5. The predicted molar refractivity (Wildman–Crippen MR) is 103 cm³/mol. The molecular weight excluding hydrogens is 332 g/mol. The molecule has 7 heteroatoms. The lowest BCUT2D eigenvalue weighted by molar-refractivity contribution is -0.120. The second kappa shape index (κ2) is 11.8. The lowest BCUT2D eigenvalue weighted by Gasteiger charge is -2.18. The van der Waals surface area contributed by atoms with Crippen LogP contribution in [0.15, 0.2) is 30.4 Å². The van der Waals surface area contributed by atoms with Gasteiger partial charge < -0.3 is 15.5 Å². The number of nitrogens with one attached hydrogen (secondary N) is 3. The summed E-state index contributed by atoms with van der Waals surface area (Å²) in [6.07, 6.45) is 6.98. The first-order valence-electron chi connectivity index (χ1n) is 8.58. The molecule has 0 unspecified atom stereocenters. The number of ether oxygens (including phenoxy) is 1. The van der Waals surface area contributed by atoms with Gasteiger partial charge in [0.1, 0.15) is 5.75 Å². The first-order valence-corrected chi connectivity index (χ1v) is 8.58. The van der Waals surface area contributed by atoms with Gasteiger partial charge >= 0.3 is 6.03 Å². The van der Waals surface area contributed by atoms with Crippen LogP contribution >= 0.6 is 0 Å². The Morgan fingerprint density at radius 3 is 2.73 bits per heavy atom. The number of methoxy groups -OCH3 is 1. The Bertz CT molecular complexity index is 644. The van der Waals surface area contributed by atoms with Gasteiger partial charge in [-0.05, 0) is 49.2 Å². The van der Waals surface area contributed by atoms with Gasteiger partial charge in [0.15, 0.2) is 0 Å². The minimum atomic E-state index is -0.491. The smallest absolute Gasteiger partial charge is 0.321 e. The molecule has 0 atom stereocenters. The lowest BCUT2D eigenvalue weighted by Crippen LogP contribution is -2.43. The van der Waals surface area contributed by atoms with Crippen LogP contribution in [0.5, 0.6) is 5.75 Å². The van der Waals surface area contributed by atoms with E-state index in [9.17, 15) is 9.59 Å². The molecule has 0 heterocycles. The Morgan fingerprint density at radius 1 is 1.31 bits per heavy atom. The third-order valence-corrected chi connectivity index (χ3v) is 3.61. The minimum Gasteiger partial charge on any atom is -0.497 e.